The molecule has 96 valence electrons. The first-order valence-corrected chi connectivity index (χ1v) is 5.61. The molecule has 0 aliphatic carbocycles. The number of anilines is 1. The molecule has 0 saturated heterocycles. The largest absolute Gasteiger partial charge is 0.467 e. The van der Waals surface area contributed by atoms with E-state index in [9.17, 15) is 10.1 Å². The van der Waals surface area contributed by atoms with Crippen LogP contribution < -0.4 is 5.32 Å². The van der Waals surface area contributed by atoms with Crippen LogP contribution in [-0.2, 0) is 13.1 Å². The van der Waals surface area contributed by atoms with Gasteiger partial charge in [0.25, 0.3) is 0 Å². The van der Waals surface area contributed by atoms with Crippen molar-refractivity contribution in [2.75, 3.05) is 5.32 Å². The van der Waals surface area contributed by atoms with Gasteiger partial charge in [0.05, 0.1) is 17.7 Å². The third-order valence-electron chi connectivity index (χ3n) is 2.59. The summed E-state index contributed by atoms with van der Waals surface area (Å²) >= 11 is 0. The lowest BCUT2D eigenvalue weighted by atomic mass is 10.3. The number of aryl methyl sites for hydroxylation is 2. The monoisotopic (exact) mass is 250 g/mol. The van der Waals surface area contributed by atoms with Crippen LogP contribution >= 0.6 is 0 Å². The zero-order chi connectivity index (χ0) is 13.1. The molecular formula is C11H14N4O3. The lowest BCUT2D eigenvalue weighted by Gasteiger charge is -2.05. The van der Waals surface area contributed by atoms with Crippen molar-refractivity contribution in [2.45, 2.75) is 26.9 Å². The molecule has 0 unspecified atom stereocenters. The maximum Gasteiger partial charge on any atom is 0.333 e. The molecule has 0 spiro atoms. The number of furan rings is 1. The summed E-state index contributed by atoms with van der Waals surface area (Å²) in [5.74, 6) is 1.13. The van der Waals surface area contributed by atoms with Gasteiger partial charge in [0.1, 0.15) is 11.5 Å². The molecule has 0 saturated carbocycles. The highest BCUT2D eigenvalue weighted by molar-refractivity contribution is 5.59. The van der Waals surface area contributed by atoms with Gasteiger partial charge in [-0.1, -0.05) is 0 Å². The van der Waals surface area contributed by atoms with Crippen LogP contribution in [0.5, 0.6) is 0 Å². The van der Waals surface area contributed by atoms with E-state index in [1.807, 2.05) is 6.92 Å². The van der Waals surface area contributed by atoms with Gasteiger partial charge < -0.3 is 9.73 Å². The van der Waals surface area contributed by atoms with Gasteiger partial charge in [-0.25, -0.2) is 4.68 Å². The van der Waals surface area contributed by atoms with Crippen LogP contribution in [0, 0.1) is 17.0 Å². The molecule has 2 aromatic heterocycles. The Morgan fingerprint density at radius 3 is 2.94 bits per heavy atom. The van der Waals surface area contributed by atoms with Gasteiger partial charge in [-0.3, -0.25) is 10.1 Å². The first kappa shape index (κ1) is 12.2. The normalized spacial score (nSPS) is 10.6. The summed E-state index contributed by atoms with van der Waals surface area (Å²) in [5.41, 5.74) is 0.423. The van der Waals surface area contributed by atoms with Crippen molar-refractivity contribution < 1.29 is 9.34 Å². The van der Waals surface area contributed by atoms with Gasteiger partial charge in [0, 0.05) is 6.54 Å². The third kappa shape index (κ3) is 2.20. The van der Waals surface area contributed by atoms with E-state index in [0.717, 1.165) is 0 Å². The Balaban J connectivity index is 2.27. The van der Waals surface area contributed by atoms with E-state index in [4.69, 9.17) is 4.42 Å². The molecule has 7 heteroatoms. The van der Waals surface area contributed by atoms with Gasteiger partial charge in [-0.15, -0.1) is 0 Å². The minimum absolute atomic E-state index is 0.0170. The summed E-state index contributed by atoms with van der Waals surface area (Å²) in [4.78, 5) is 10.6. The van der Waals surface area contributed by atoms with Crippen LogP contribution in [0.1, 0.15) is 18.4 Å². The summed E-state index contributed by atoms with van der Waals surface area (Å²) in [5, 5.41) is 18.2. The van der Waals surface area contributed by atoms with E-state index in [1.165, 1.54) is 0 Å². The molecule has 0 bridgehead atoms. The Morgan fingerprint density at radius 1 is 1.61 bits per heavy atom. The minimum atomic E-state index is -0.418. The Morgan fingerprint density at radius 2 is 2.39 bits per heavy atom. The molecule has 0 fully saturated rings. The second-order valence-corrected chi connectivity index (χ2v) is 3.79. The van der Waals surface area contributed by atoms with E-state index < -0.39 is 4.92 Å². The highest BCUT2D eigenvalue weighted by Crippen LogP contribution is 2.28. The fraction of sp³-hybridized carbons (Fsp3) is 0.364. The van der Waals surface area contributed by atoms with Crippen LogP contribution in [-0.4, -0.2) is 14.7 Å². The summed E-state index contributed by atoms with van der Waals surface area (Å²) in [6.07, 6.45) is 1.56. The fourth-order valence-corrected chi connectivity index (χ4v) is 1.78. The van der Waals surface area contributed by atoms with Crippen molar-refractivity contribution in [2.24, 2.45) is 0 Å². The highest BCUT2D eigenvalue weighted by atomic mass is 16.6. The Hall–Kier alpha value is -2.31. The fourth-order valence-electron chi connectivity index (χ4n) is 1.78. The summed E-state index contributed by atoms with van der Waals surface area (Å²) in [6, 6.07) is 3.58. The van der Waals surface area contributed by atoms with Gasteiger partial charge >= 0.3 is 5.69 Å². The average molecular weight is 250 g/mol. The van der Waals surface area contributed by atoms with Crippen molar-refractivity contribution in [3.8, 4) is 0 Å². The molecule has 0 aliphatic rings. The molecule has 0 amide bonds. The van der Waals surface area contributed by atoms with Crippen LogP contribution in [0.2, 0.25) is 0 Å². The Labute approximate surface area is 104 Å². The van der Waals surface area contributed by atoms with Crippen molar-refractivity contribution >= 4 is 11.5 Å². The number of nitrogens with one attached hydrogen (secondary N) is 1. The van der Waals surface area contributed by atoms with Crippen LogP contribution in [0.25, 0.3) is 0 Å². The molecule has 7 nitrogen and oxygen atoms in total. The number of aromatic nitrogens is 2. The molecule has 2 heterocycles. The van der Waals surface area contributed by atoms with E-state index in [1.54, 1.807) is 30.0 Å². The van der Waals surface area contributed by atoms with E-state index >= 15 is 0 Å². The second-order valence-electron chi connectivity index (χ2n) is 3.79. The molecule has 18 heavy (non-hydrogen) atoms. The Kier molecular flexibility index (Phi) is 3.31. The maximum absolute atomic E-state index is 11.0. The summed E-state index contributed by atoms with van der Waals surface area (Å²) < 4.78 is 6.75. The number of hydrogen-bond donors (Lipinski definition) is 1. The van der Waals surface area contributed by atoms with Gasteiger partial charge in [0.15, 0.2) is 0 Å². The highest BCUT2D eigenvalue weighted by Gasteiger charge is 2.24. The second kappa shape index (κ2) is 4.91. The lowest BCUT2D eigenvalue weighted by molar-refractivity contribution is -0.384. The Bertz CT molecular complexity index is 545. The molecule has 0 radical (unpaired) electrons. The first-order valence-electron chi connectivity index (χ1n) is 5.61. The van der Waals surface area contributed by atoms with Crippen molar-refractivity contribution in [1.29, 1.82) is 0 Å². The molecule has 0 aromatic carbocycles. The van der Waals surface area contributed by atoms with Crippen molar-refractivity contribution in [3.05, 3.63) is 40.0 Å². The number of nitrogens with zero attached hydrogens (tertiary/aromatic N) is 3. The van der Waals surface area contributed by atoms with Gasteiger partial charge in [-0.2, -0.15) is 5.10 Å². The summed E-state index contributed by atoms with van der Waals surface area (Å²) in [6.45, 7) is 4.46. The van der Waals surface area contributed by atoms with E-state index in [0.29, 0.717) is 30.4 Å². The van der Waals surface area contributed by atoms with Crippen LogP contribution in [0.4, 0.5) is 11.5 Å². The van der Waals surface area contributed by atoms with Crippen molar-refractivity contribution in [3.63, 3.8) is 0 Å². The van der Waals surface area contributed by atoms with E-state index in [-0.39, 0.29) is 5.69 Å². The smallest absolute Gasteiger partial charge is 0.333 e. The van der Waals surface area contributed by atoms with Crippen LogP contribution in [0.3, 0.4) is 0 Å². The predicted octanol–water partition coefficient (Wildman–Crippen LogP) is 2.32. The molecule has 2 aromatic rings. The molecule has 0 aliphatic heterocycles. The topological polar surface area (TPSA) is 86.1 Å². The van der Waals surface area contributed by atoms with Gasteiger partial charge in [0.2, 0.25) is 5.82 Å². The number of rotatable bonds is 5. The zero-order valence-corrected chi connectivity index (χ0v) is 10.2. The molecule has 2 rings (SSSR count). The summed E-state index contributed by atoms with van der Waals surface area (Å²) in [7, 11) is 0. The lowest BCUT2D eigenvalue weighted by Crippen LogP contribution is -2.07. The minimum Gasteiger partial charge on any atom is -0.467 e. The zero-order valence-electron chi connectivity index (χ0n) is 10.2. The standard InChI is InChI=1S/C11H14N4O3/c1-3-14-11(10(15(16)17)8(2)13-14)12-7-9-5-4-6-18-9/h4-6,12H,3,7H2,1-2H3. The van der Waals surface area contributed by atoms with Crippen LogP contribution in [0.15, 0.2) is 22.8 Å². The quantitative estimate of drug-likeness (QED) is 0.650. The van der Waals surface area contributed by atoms with E-state index in [2.05, 4.69) is 10.4 Å². The van der Waals surface area contributed by atoms with Gasteiger partial charge in [-0.05, 0) is 26.0 Å². The SMILES string of the molecule is CCn1nc(C)c([N+](=O)[O-])c1NCc1ccco1. The molecule has 1 N–H and O–H groups in total. The van der Waals surface area contributed by atoms with Crippen molar-refractivity contribution in [1.82, 2.24) is 9.78 Å². The number of nitro groups is 1. The molecular weight excluding hydrogens is 236 g/mol. The third-order valence-corrected chi connectivity index (χ3v) is 2.59. The first-order chi connectivity index (χ1) is 8.63. The average Bonchev–Trinajstić information content (AvgIpc) is 2.92. The molecule has 0 atom stereocenters. The number of hydrogen-bond acceptors (Lipinski definition) is 5. The predicted molar refractivity (Wildman–Crippen MR) is 65.3 cm³/mol. The maximum atomic E-state index is 11.0.